The minimum atomic E-state index is -0.150. The first-order chi connectivity index (χ1) is 9.52. The zero-order chi connectivity index (χ0) is 14.7. The SMILES string of the molecule is CCn1ncc(N)c1C(=O)NCC1CN(C)CCN1C. The highest BCUT2D eigenvalue weighted by atomic mass is 16.2. The summed E-state index contributed by atoms with van der Waals surface area (Å²) in [6.07, 6.45) is 1.53. The third-order valence-electron chi connectivity index (χ3n) is 3.86. The number of hydrogen-bond donors (Lipinski definition) is 2. The number of aromatic nitrogens is 2. The molecule has 7 nitrogen and oxygen atoms in total. The minimum absolute atomic E-state index is 0.150. The Bertz CT molecular complexity index is 471. The molecule has 0 saturated carbocycles. The van der Waals surface area contributed by atoms with E-state index in [2.05, 4.69) is 34.3 Å². The summed E-state index contributed by atoms with van der Waals surface area (Å²) in [6.45, 7) is 6.23. The third-order valence-corrected chi connectivity index (χ3v) is 3.86. The molecule has 1 saturated heterocycles. The van der Waals surface area contributed by atoms with Crippen molar-refractivity contribution in [2.24, 2.45) is 0 Å². The minimum Gasteiger partial charge on any atom is -0.396 e. The van der Waals surface area contributed by atoms with Crippen LogP contribution < -0.4 is 11.1 Å². The number of amides is 1. The van der Waals surface area contributed by atoms with Crippen LogP contribution in [0.3, 0.4) is 0 Å². The van der Waals surface area contributed by atoms with Crippen molar-refractivity contribution in [3.05, 3.63) is 11.9 Å². The van der Waals surface area contributed by atoms with Gasteiger partial charge in [0.1, 0.15) is 5.69 Å². The smallest absolute Gasteiger partial charge is 0.271 e. The number of carbonyl (C=O) groups excluding carboxylic acids is 1. The molecule has 1 unspecified atom stereocenters. The van der Waals surface area contributed by atoms with E-state index < -0.39 is 0 Å². The Morgan fingerprint density at radius 3 is 2.95 bits per heavy atom. The predicted octanol–water partition coefficient (Wildman–Crippen LogP) is -0.539. The quantitative estimate of drug-likeness (QED) is 0.774. The van der Waals surface area contributed by atoms with Crippen LogP contribution in [0.5, 0.6) is 0 Å². The molecule has 0 aliphatic carbocycles. The van der Waals surface area contributed by atoms with Gasteiger partial charge in [-0.25, -0.2) is 0 Å². The summed E-state index contributed by atoms with van der Waals surface area (Å²) in [7, 11) is 4.19. The molecule has 7 heteroatoms. The van der Waals surface area contributed by atoms with Gasteiger partial charge in [0.05, 0.1) is 11.9 Å². The highest BCUT2D eigenvalue weighted by molar-refractivity contribution is 5.97. The van der Waals surface area contributed by atoms with Crippen molar-refractivity contribution < 1.29 is 4.79 Å². The second-order valence-electron chi connectivity index (χ2n) is 5.37. The van der Waals surface area contributed by atoms with Gasteiger partial charge in [-0.15, -0.1) is 0 Å². The lowest BCUT2D eigenvalue weighted by atomic mass is 10.2. The Labute approximate surface area is 119 Å². The summed E-state index contributed by atoms with van der Waals surface area (Å²) >= 11 is 0. The van der Waals surface area contributed by atoms with Crippen molar-refractivity contribution in [2.45, 2.75) is 19.5 Å². The summed E-state index contributed by atoms with van der Waals surface area (Å²) in [5.41, 5.74) is 6.70. The topological polar surface area (TPSA) is 79.4 Å². The van der Waals surface area contributed by atoms with Crippen LogP contribution in [0.15, 0.2) is 6.20 Å². The maximum Gasteiger partial charge on any atom is 0.271 e. The summed E-state index contributed by atoms with van der Waals surface area (Å²) in [5, 5.41) is 7.06. The van der Waals surface area contributed by atoms with Crippen molar-refractivity contribution in [1.82, 2.24) is 24.9 Å². The molecule has 1 fully saturated rings. The Hall–Kier alpha value is -1.60. The Balaban J connectivity index is 1.96. The highest BCUT2D eigenvalue weighted by Crippen LogP contribution is 2.11. The Morgan fingerprint density at radius 1 is 1.50 bits per heavy atom. The number of rotatable bonds is 4. The van der Waals surface area contributed by atoms with E-state index in [0.29, 0.717) is 30.5 Å². The number of hydrogen-bond acceptors (Lipinski definition) is 5. The molecular formula is C13H24N6O. The van der Waals surface area contributed by atoms with E-state index in [1.54, 1.807) is 4.68 Å². The normalized spacial score (nSPS) is 21.1. The predicted molar refractivity (Wildman–Crippen MR) is 78.6 cm³/mol. The van der Waals surface area contributed by atoms with E-state index in [-0.39, 0.29) is 5.91 Å². The average molecular weight is 280 g/mol. The van der Waals surface area contributed by atoms with Crippen LogP contribution in [-0.2, 0) is 6.54 Å². The van der Waals surface area contributed by atoms with Crippen molar-refractivity contribution in [2.75, 3.05) is 46.0 Å². The number of nitrogen functional groups attached to an aromatic ring is 1. The largest absolute Gasteiger partial charge is 0.396 e. The fourth-order valence-electron chi connectivity index (χ4n) is 2.50. The van der Waals surface area contributed by atoms with Crippen LogP contribution in [0.25, 0.3) is 0 Å². The van der Waals surface area contributed by atoms with Gasteiger partial charge in [0.15, 0.2) is 0 Å². The molecular weight excluding hydrogens is 256 g/mol. The van der Waals surface area contributed by atoms with Crippen LogP contribution in [0, 0.1) is 0 Å². The van der Waals surface area contributed by atoms with Crippen molar-refractivity contribution in [3.8, 4) is 0 Å². The second kappa shape index (κ2) is 6.23. The maximum absolute atomic E-state index is 12.3. The summed E-state index contributed by atoms with van der Waals surface area (Å²) < 4.78 is 1.63. The highest BCUT2D eigenvalue weighted by Gasteiger charge is 2.23. The van der Waals surface area contributed by atoms with Crippen LogP contribution in [0.4, 0.5) is 5.69 Å². The molecule has 1 atom stereocenters. The van der Waals surface area contributed by atoms with Crippen LogP contribution >= 0.6 is 0 Å². The van der Waals surface area contributed by atoms with Crippen LogP contribution in [0.2, 0.25) is 0 Å². The molecule has 112 valence electrons. The van der Waals surface area contributed by atoms with Gasteiger partial charge in [0.25, 0.3) is 5.91 Å². The maximum atomic E-state index is 12.3. The first-order valence-corrected chi connectivity index (χ1v) is 7.01. The molecule has 2 rings (SSSR count). The third kappa shape index (κ3) is 3.10. The van der Waals surface area contributed by atoms with E-state index in [4.69, 9.17) is 5.73 Å². The number of nitrogens with zero attached hydrogens (tertiary/aromatic N) is 4. The van der Waals surface area contributed by atoms with Crippen molar-refractivity contribution in [1.29, 1.82) is 0 Å². The van der Waals surface area contributed by atoms with E-state index in [1.165, 1.54) is 6.20 Å². The molecule has 0 radical (unpaired) electrons. The molecule has 1 amide bonds. The van der Waals surface area contributed by atoms with Crippen LogP contribution in [-0.4, -0.2) is 71.8 Å². The number of likely N-dealkylation sites (N-methyl/N-ethyl adjacent to an activating group) is 2. The Morgan fingerprint density at radius 2 is 2.25 bits per heavy atom. The number of aryl methyl sites for hydroxylation is 1. The molecule has 0 bridgehead atoms. The average Bonchev–Trinajstić information content (AvgIpc) is 2.80. The zero-order valence-electron chi connectivity index (χ0n) is 12.5. The molecule has 1 aromatic rings. The van der Waals surface area contributed by atoms with Gasteiger partial charge in [0.2, 0.25) is 0 Å². The first kappa shape index (κ1) is 14.8. The molecule has 0 aromatic carbocycles. The number of carbonyl (C=O) groups is 1. The molecule has 1 aliphatic rings. The molecule has 1 aromatic heterocycles. The molecule has 2 heterocycles. The summed E-state index contributed by atoms with van der Waals surface area (Å²) in [5.74, 6) is -0.150. The van der Waals surface area contributed by atoms with Gasteiger partial charge in [-0.3, -0.25) is 14.4 Å². The fourth-order valence-corrected chi connectivity index (χ4v) is 2.50. The summed E-state index contributed by atoms with van der Waals surface area (Å²) in [6, 6.07) is 0.330. The van der Waals surface area contributed by atoms with Crippen molar-refractivity contribution >= 4 is 11.6 Å². The van der Waals surface area contributed by atoms with E-state index in [0.717, 1.165) is 19.6 Å². The number of piperazine rings is 1. The number of nitrogens with two attached hydrogens (primary N) is 1. The first-order valence-electron chi connectivity index (χ1n) is 7.01. The van der Waals surface area contributed by atoms with Crippen LogP contribution in [0.1, 0.15) is 17.4 Å². The molecule has 1 aliphatic heterocycles. The van der Waals surface area contributed by atoms with Gasteiger partial charge in [-0.05, 0) is 21.0 Å². The van der Waals surface area contributed by atoms with Gasteiger partial charge in [-0.1, -0.05) is 0 Å². The second-order valence-corrected chi connectivity index (χ2v) is 5.37. The molecule has 0 spiro atoms. The van der Waals surface area contributed by atoms with Crippen molar-refractivity contribution in [3.63, 3.8) is 0 Å². The zero-order valence-corrected chi connectivity index (χ0v) is 12.5. The lowest BCUT2D eigenvalue weighted by Crippen LogP contribution is -2.54. The number of anilines is 1. The fraction of sp³-hybridized carbons (Fsp3) is 0.692. The lowest BCUT2D eigenvalue weighted by Gasteiger charge is -2.37. The summed E-state index contributed by atoms with van der Waals surface area (Å²) in [4.78, 5) is 16.8. The van der Waals surface area contributed by atoms with Gasteiger partial charge < -0.3 is 16.0 Å². The van der Waals surface area contributed by atoms with Gasteiger partial charge in [0, 0.05) is 38.8 Å². The van der Waals surface area contributed by atoms with E-state index in [1.807, 2.05) is 6.92 Å². The number of nitrogens with one attached hydrogen (secondary N) is 1. The van der Waals surface area contributed by atoms with Gasteiger partial charge in [-0.2, -0.15) is 5.10 Å². The van der Waals surface area contributed by atoms with E-state index >= 15 is 0 Å². The van der Waals surface area contributed by atoms with E-state index in [9.17, 15) is 4.79 Å². The standard InChI is InChI=1S/C13H24N6O/c1-4-19-12(11(14)8-16-19)13(20)15-7-10-9-17(2)5-6-18(10)3/h8,10H,4-7,9,14H2,1-3H3,(H,15,20). The monoisotopic (exact) mass is 280 g/mol. The molecule has 3 N–H and O–H groups in total. The van der Waals surface area contributed by atoms with Gasteiger partial charge >= 0.3 is 0 Å². The molecule has 20 heavy (non-hydrogen) atoms. The lowest BCUT2D eigenvalue weighted by molar-refractivity contribution is 0.0873. The Kier molecular flexibility index (Phi) is 4.61.